The molecule has 0 saturated carbocycles. The number of unbranched alkanes of at least 4 members (excludes halogenated alkanes) is 1. The molecule has 1 amide bonds. The Bertz CT molecular complexity index is 142. The van der Waals surface area contributed by atoms with Crippen molar-refractivity contribution in [1.82, 2.24) is 5.32 Å². The Hall–Kier alpha value is -0.220. The zero-order chi connectivity index (χ0) is 10.1. The Morgan fingerprint density at radius 2 is 2.31 bits per heavy atom. The van der Waals surface area contributed by atoms with Gasteiger partial charge < -0.3 is 11.1 Å². The molecule has 0 aliphatic carbocycles. The fraction of sp³-hybridized carbons (Fsp3) is 0.889. The molecule has 0 aromatic carbocycles. The molecule has 0 spiro atoms. The van der Waals surface area contributed by atoms with Crippen molar-refractivity contribution in [3.63, 3.8) is 0 Å². The van der Waals surface area contributed by atoms with E-state index >= 15 is 0 Å². The van der Waals surface area contributed by atoms with Gasteiger partial charge in [-0.1, -0.05) is 19.8 Å². The van der Waals surface area contributed by atoms with Crippen LogP contribution in [0.25, 0.3) is 0 Å². The molecule has 4 heteroatoms. The van der Waals surface area contributed by atoms with Gasteiger partial charge in [0.25, 0.3) is 0 Å². The number of amides is 1. The number of nitrogens with one attached hydrogen (secondary N) is 1. The molecule has 0 saturated heterocycles. The molecule has 0 aromatic rings. The standard InChI is InChI=1S/C9H20N2OS/c1-3-4-5-8(10)9(12)11-6-7-13-2/h8H,3-7,10H2,1-2H3,(H,11,12). The quantitative estimate of drug-likeness (QED) is 0.608. The molecule has 13 heavy (non-hydrogen) atoms. The third kappa shape index (κ3) is 6.90. The second kappa shape index (κ2) is 8.38. The van der Waals surface area contributed by atoms with E-state index in [1.54, 1.807) is 11.8 Å². The molecule has 0 bridgehead atoms. The normalized spacial score (nSPS) is 12.5. The van der Waals surface area contributed by atoms with Crippen molar-refractivity contribution < 1.29 is 4.79 Å². The van der Waals surface area contributed by atoms with Crippen LogP contribution in [-0.2, 0) is 4.79 Å². The van der Waals surface area contributed by atoms with Crippen molar-refractivity contribution in [2.24, 2.45) is 5.73 Å². The predicted octanol–water partition coefficient (Wildman–Crippen LogP) is 0.983. The van der Waals surface area contributed by atoms with E-state index in [9.17, 15) is 4.79 Å². The van der Waals surface area contributed by atoms with Crippen LogP contribution in [-0.4, -0.2) is 30.5 Å². The van der Waals surface area contributed by atoms with E-state index in [0.29, 0.717) is 0 Å². The van der Waals surface area contributed by atoms with E-state index < -0.39 is 0 Å². The van der Waals surface area contributed by atoms with Gasteiger partial charge in [0.05, 0.1) is 6.04 Å². The predicted molar refractivity (Wildman–Crippen MR) is 58.9 cm³/mol. The van der Waals surface area contributed by atoms with Gasteiger partial charge >= 0.3 is 0 Å². The van der Waals surface area contributed by atoms with Crippen LogP contribution in [0.5, 0.6) is 0 Å². The number of nitrogens with two attached hydrogens (primary N) is 1. The minimum absolute atomic E-state index is 0.0116. The summed E-state index contributed by atoms with van der Waals surface area (Å²) in [5.74, 6) is 0.939. The van der Waals surface area contributed by atoms with Gasteiger partial charge in [-0.25, -0.2) is 0 Å². The highest BCUT2D eigenvalue weighted by Gasteiger charge is 2.10. The van der Waals surface area contributed by atoms with Crippen LogP contribution in [0.3, 0.4) is 0 Å². The van der Waals surface area contributed by atoms with Gasteiger partial charge in [-0.15, -0.1) is 0 Å². The number of rotatable bonds is 7. The molecule has 0 aliphatic rings. The van der Waals surface area contributed by atoms with E-state index in [4.69, 9.17) is 5.73 Å². The van der Waals surface area contributed by atoms with Crippen LogP contribution < -0.4 is 11.1 Å². The van der Waals surface area contributed by atoms with Gasteiger partial charge in [-0.3, -0.25) is 4.79 Å². The molecule has 3 nitrogen and oxygen atoms in total. The first-order chi connectivity index (χ1) is 6.22. The van der Waals surface area contributed by atoms with Gasteiger partial charge in [0.15, 0.2) is 0 Å². The van der Waals surface area contributed by atoms with Crippen molar-refractivity contribution >= 4 is 17.7 Å². The summed E-state index contributed by atoms with van der Waals surface area (Å²) >= 11 is 1.72. The monoisotopic (exact) mass is 204 g/mol. The highest BCUT2D eigenvalue weighted by molar-refractivity contribution is 7.98. The number of hydrogen-bond donors (Lipinski definition) is 2. The van der Waals surface area contributed by atoms with Gasteiger partial charge in [0.2, 0.25) is 5.91 Å². The van der Waals surface area contributed by atoms with E-state index in [2.05, 4.69) is 12.2 Å². The van der Waals surface area contributed by atoms with E-state index in [0.717, 1.165) is 31.6 Å². The molecule has 3 N–H and O–H groups in total. The van der Waals surface area contributed by atoms with Gasteiger partial charge in [-0.05, 0) is 12.7 Å². The van der Waals surface area contributed by atoms with Gasteiger partial charge in [0, 0.05) is 12.3 Å². The van der Waals surface area contributed by atoms with Gasteiger partial charge in [0.1, 0.15) is 0 Å². The van der Waals surface area contributed by atoms with Crippen molar-refractivity contribution in [2.45, 2.75) is 32.2 Å². The Kier molecular flexibility index (Phi) is 8.24. The molecule has 0 rings (SSSR count). The van der Waals surface area contributed by atoms with Crippen LogP contribution in [0.2, 0.25) is 0 Å². The average molecular weight is 204 g/mol. The highest BCUT2D eigenvalue weighted by Crippen LogP contribution is 1.98. The third-order valence-corrected chi connectivity index (χ3v) is 2.42. The maximum atomic E-state index is 11.3. The lowest BCUT2D eigenvalue weighted by Crippen LogP contribution is -2.41. The van der Waals surface area contributed by atoms with E-state index in [-0.39, 0.29) is 11.9 Å². The topological polar surface area (TPSA) is 55.1 Å². The SMILES string of the molecule is CCCCC(N)C(=O)NCCSC. The summed E-state index contributed by atoms with van der Waals surface area (Å²) in [4.78, 5) is 11.3. The molecule has 0 heterocycles. The lowest BCUT2D eigenvalue weighted by molar-refractivity contribution is -0.122. The maximum absolute atomic E-state index is 11.3. The first-order valence-electron chi connectivity index (χ1n) is 4.74. The lowest BCUT2D eigenvalue weighted by Gasteiger charge is -2.10. The summed E-state index contributed by atoms with van der Waals surface area (Å²) in [5.41, 5.74) is 5.67. The summed E-state index contributed by atoms with van der Waals surface area (Å²) in [6, 6.07) is -0.318. The summed E-state index contributed by atoms with van der Waals surface area (Å²) in [6.07, 6.45) is 4.92. The molecule has 1 unspecified atom stereocenters. The molecule has 0 fully saturated rings. The van der Waals surface area contributed by atoms with Crippen molar-refractivity contribution in [1.29, 1.82) is 0 Å². The fourth-order valence-electron chi connectivity index (χ4n) is 0.963. The van der Waals surface area contributed by atoms with Crippen LogP contribution in [0.4, 0.5) is 0 Å². The third-order valence-electron chi connectivity index (χ3n) is 1.81. The Labute approximate surface area is 84.8 Å². The molecule has 0 aromatic heterocycles. The first-order valence-corrected chi connectivity index (χ1v) is 6.14. The number of carbonyl (C=O) groups excluding carboxylic acids is 1. The van der Waals surface area contributed by atoms with E-state index in [1.807, 2.05) is 6.26 Å². The van der Waals surface area contributed by atoms with Gasteiger partial charge in [-0.2, -0.15) is 11.8 Å². The van der Waals surface area contributed by atoms with Crippen LogP contribution in [0.15, 0.2) is 0 Å². The Morgan fingerprint density at radius 1 is 1.62 bits per heavy atom. The number of carbonyl (C=O) groups is 1. The van der Waals surface area contributed by atoms with Crippen LogP contribution >= 0.6 is 11.8 Å². The first kappa shape index (κ1) is 12.8. The minimum Gasteiger partial charge on any atom is -0.354 e. The molecule has 1 atom stereocenters. The highest BCUT2D eigenvalue weighted by atomic mass is 32.2. The number of thioether (sulfide) groups is 1. The molecular formula is C9H20N2OS. The summed E-state index contributed by atoms with van der Waals surface area (Å²) in [7, 11) is 0. The largest absolute Gasteiger partial charge is 0.354 e. The molecular weight excluding hydrogens is 184 g/mol. The smallest absolute Gasteiger partial charge is 0.236 e. The maximum Gasteiger partial charge on any atom is 0.236 e. The summed E-state index contributed by atoms with van der Waals surface area (Å²) in [5, 5.41) is 2.81. The minimum atomic E-state index is -0.318. The lowest BCUT2D eigenvalue weighted by atomic mass is 10.1. The number of hydrogen-bond acceptors (Lipinski definition) is 3. The second-order valence-electron chi connectivity index (χ2n) is 3.03. The Balaban J connectivity index is 3.45. The summed E-state index contributed by atoms with van der Waals surface area (Å²) < 4.78 is 0. The van der Waals surface area contributed by atoms with E-state index in [1.165, 1.54) is 0 Å². The van der Waals surface area contributed by atoms with Crippen molar-refractivity contribution in [3.8, 4) is 0 Å². The fourth-order valence-corrected chi connectivity index (χ4v) is 1.27. The van der Waals surface area contributed by atoms with Crippen molar-refractivity contribution in [2.75, 3.05) is 18.6 Å². The zero-order valence-electron chi connectivity index (χ0n) is 8.51. The van der Waals surface area contributed by atoms with Crippen LogP contribution in [0, 0.1) is 0 Å². The molecule has 0 aliphatic heterocycles. The van der Waals surface area contributed by atoms with Crippen molar-refractivity contribution in [3.05, 3.63) is 0 Å². The zero-order valence-corrected chi connectivity index (χ0v) is 9.32. The molecule has 0 radical (unpaired) electrons. The van der Waals surface area contributed by atoms with Crippen LogP contribution in [0.1, 0.15) is 26.2 Å². The average Bonchev–Trinajstić information content (AvgIpc) is 2.14. The Morgan fingerprint density at radius 3 is 2.85 bits per heavy atom. The second-order valence-corrected chi connectivity index (χ2v) is 4.02. The molecule has 78 valence electrons. The summed E-state index contributed by atoms with van der Waals surface area (Å²) in [6.45, 7) is 2.82.